The number of nitrogens with zero attached hydrogens (tertiary/aromatic N) is 2. The van der Waals surface area contributed by atoms with Gasteiger partial charge in [0.15, 0.2) is 11.5 Å². The first-order valence-electron chi connectivity index (χ1n) is 5.66. The van der Waals surface area contributed by atoms with E-state index in [9.17, 15) is 19.7 Å². The first-order chi connectivity index (χ1) is 9.10. The first-order valence-corrected chi connectivity index (χ1v) is 6.04. The van der Waals surface area contributed by atoms with Crippen molar-refractivity contribution in [1.29, 1.82) is 0 Å². The lowest BCUT2D eigenvalue weighted by molar-refractivity contribution is -0.385. The molecular formula is C12H13ClN2O5. The van der Waals surface area contributed by atoms with E-state index in [1.807, 2.05) is 0 Å². The van der Waals surface area contributed by atoms with Crippen molar-refractivity contribution in [2.24, 2.45) is 0 Å². The molecule has 1 aromatic rings. The normalized spacial score (nSPS) is 11.0. The fourth-order valence-corrected chi connectivity index (χ4v) is 1.52. The number of halogens is 1. The van der Waals surface area contributed by atoms with Gasteiger partial charge in [0.1, 0.15) is 17.2 Å². The van der Waals surface area contributed by atoms with E-state index in [1.54, 1.807) is 20.8 Å². The molecule has 0 spiro atoms. The van der Waals surface area contributed by atoms with Crippen molar-refractivity contribution in [2.75, 3.05) is 0 Å². The minimum atomic E-state index is -0.812. The molecule has 1 heterocycles. The van der Waals surface area contributed by atoms with Crippen molar-refractivity contribution >= 4 is 29.0 Å². The molecule has 0 unspecified atom stereocenters. The summed E-state index contributed by atoms with van der Waals surface area (Å²) in [7, 11) is 0. The number of esters is 1. The fraction of sp³-hybridized carbons (Fsp3) is 0.417. The summed E-state index contributed by atoms with van der Waals surface area (Å²) >= 11 is 5.61. The second-order valence-corrected chi connectivity index (χ2v) is 5.33. The number of hydrogen-bond acceptors (Lipinski definition) is 6. The predicted molar refractivity (Wildman–Crippen MR) is 70.7 cm³/mol. The molecule has 0 fully saturated rings. The van der Waals surface area contributed by atoms with Gasteiger partial charge in [-0.3, -0.25) is 19.7 Å². The molecule has 0 bridgehead atoms. The van der Waals surface area contributed by atoms with E-state index >= 15 is 0 Å². The molecule has 0 atom stereocenters. The Kier molecular flexibility index (Phi) is 4.78. The third-order valence-corrected chi connectivity index (χ3v) is 2.24. The minimum Gasteiger partial charge on any atom is -0.460 e. The minimum absolute atomic E-state index is 0.0665. The molecule has 0 aromatic carbocycles. The standard InChI is InChI=1S/C12H13ClN2O5/c1-12(2,3)20-10(17)6-8(16)11-7(15(18)19)4-5-9(13)14-11/h4-5H,6H2,1-3H3. The van der Waals surface area contributed by atoms with Crippen LogP contribution < -0.4 is 0 Å². The van der Waals surface area contributed by atoms with Gasteiger partial charge in [-0.15, -0.1) is 0 Å². The molecule has 0 aliphatic heterocycles. The lowest BCUT2D eigenvalue weighted by atomic mass is 10.1. The molecule has 8 heteroatoms. The summed E-state index contributed by atoms with van der Waals surface area (Å²) in [6, 6.07) is 2.27. The molecular weight excluding hydrogens is 288 g/mol. The fourth-order valence-electron chi connectivity index (χ4n) is 1.37. The van der Waals surface area contributed by atoms with Crippen LogP contribution in [0.15, 0.2) is 12.1 Å². The molecule has 1 rings (SSSR count). The van der Waals surface area contributed by atoms with Crippen molar-refractivity contribution in [3.63, 3.8) is 0 Å². The van der Waals surface area contributed by atoms with Gasteiger partial charge >= 0.3 is 5.97 Å². The second kappa shape index (κ2) is 5.96. The van der Waals surface area contributed by atoms with Crippen LogP contribution in [0.25, 0.3) is 0 Å². The van der Waals surface area contributed by atoms with E-state index in [0.29, 0.717) is 0 Å². The van der Waals surface area contributed by atoms with Gasteiger partial charge in [-0.25, -0.2) is 4.98 Å². The molecule has 0 saturated heterocycles. The van der Waals surface area contributed by atoms with Gasteiger partial charge in [0.2, 0.25) is 0 Å². The lowest BCUT2D eigenvalue weighted by Crippen LogP contribution is -2.25. The maximum Gasteiger partial charge on any atom is 0.314 e. The molecule has 0 radical (unpaired) electrons. The van der Waals surface area contributed by atoms with Gasteiger partial charge in [-0.2, -0.15) is 0 Å². The maximum atomic E-state index is 11.9. The third-order valence-electron chi connectivity index (χ3n) is 2.03. The van der Waals surface area contributed by atoms with E-state index in [1.165, 1.54) is 6.07 Å². The Labute approximate surface area is 120 Å². The summed E-state index contributed by atoms with van der Waals surface area (Å²) in [6.45, 7) is 4.94. The Hall–Kier alpha value is -2.02. The van der Waals surface area contributed by atoms with Crippen molar-refractivity contribution in [3.05, 3.63) is 33.1 Å². The summed E-state index contributed by atoms with van der Waals surface area (Å²) in [5.41, 5.74) is -1.69. The second-order valence-electron chi connectivity index (χ2n) is 4.95. The number of nitro groups is 1. The molecule has 0 amide bonds. The highest BCUT2D eigenvalue weighted by Gasteiger charge is 2.26. The molecule has 7 nitrogen and oxygen atoms in total. The van der Waals surface area contributed by atoms with Gasteiger partial charge in [0.25, 0.3) is 5.69 Å². The number of pyridine rings is 1. The van der Waals surface area contributed by atoms with Crippen molar-refractivity contribution in [1.82, 2.24) is 4.98 Å². The van der Waals surface area contributed by atoms with Crippen molar-refractivity contribution < 1.29 is 19.2 Å². The summed E-state index contributed by atoms with van der Waals surface area (Å²) < 4.78 is 4.97. The number of Topliss-reactive ketones (excluding diaryl/α,β-unsaturated/α-hetero) is 1. The Balaban J connectivity index is 2.95. The lowest BCUT2D eigenvalue weighted by Gasteiger charge is -2.19. The van der Waals surface area contributed by atoms with Gasteiger partial charge in [0.05, 0.1) is 4.92 Å². The van der Waals surface area contributed by atoms with Crippen LogP contribution in [0.4, 0.5) is 5.69 Å². The number of aromatic nitrogens is 1. The average Bonchev–Trinajstić information content (AvgIpc) is 2.25. The van der Waals surface area contributed by atoms with Gasteiger partial charge in [-0.05, 0) is 26.8 Å². The highest BCUT2D eigenvalue weighted by molar-refractivity contribution is 6.29. The molecule has 1 aromatic heterocycles. The largest absolute Gasteiger partial charge is 0.460 e. The van der Waals surface area contributed by atoms with Crippen LogP contribution in [0.1, 0.15) is 37.7 Å². The van der Waals surface area contributed by atoms with E-state index in [-0.39, 0.29) is 5.15 Å². The van der Waals surface area contributed by atoms with Crippen LogP contribution in [0.2, 0.25) is 5.15 Å². The van der Waals surface area contributed by atoms with Gasteiger partial charge < -0.3 is 4.74 Å². The highest BCUT2D eigenvalue weighted by atomic mass is 35.5. The molecule has 108 valence electrons. The van der Waals surface area contributed by atoms with Crippen molar-refractivity contribution in [3.8, 4) is 0 Å². The van der Waals surface area contributed by atoms with E-state index in [4.69, 9.17) is 16.3 Å². The van der Waals surface area contributed by atoms with Crippen molar-refractivity contribution in [2.45, 2.75) is 32.8 Å². The Morgan fingerprint density at radius 2 is 2.00 bits per heavy atom. The Morgan fingerprint density at radius 3 is 2.50 bits per heavy atom. The average molecular weight is 301 g/mol. The molecule has 0 saturated carbocycles. The van der Waals surface area contributed by atoms with Crippen LogP contribution in [0, 0.1) is 10.1 Å². The van der Waals surface area contributed by atoms with Crippen LogP contribution >= 0.6 is 11.6 Å². The summed E-state index contributed by atoms with van der Waals surface area (Å²) in [5, 5.41) is 10.7. The van der Waals surface area contributed by atoms with Gasteiger partial charge in [-0.1, -0.05) is 11.6 Å². The Morgan fingerprint density at radius 1 is 1.40 bits per heavy atom. The number of ketones is 1. The van der Waals surface area contributed by atoms with Crippen LogP contribution in [-0.2, 0) is 9.53 Å². The number of carbonyl (C=O) groups excluding carboxylic acids is 2. The molecule has 0 aliphatic rings. The number of ether oxygens (including phenoxy) is 1. The summed E-state index contributed by atoms with van der Waals surface area (Å²) in [5.74, 6) is -1.59. The third kappa shape index (κ3) is 4.58. The Bertz CT molecular complexity index is 565. The summed E-state index contributed by atoms with van der Waals surface area (Å²) in [6.07, 6.45) is -0.633. The molecule has 0 N–H and O–H groups in total. The number of hydrogen-bond donors (Lipinski definition) is 0. The molecule has 0 aliphatic carbocycles. The van der Waals surface area contributed by atoms with E-state index in [0.717, 1.165) is 6.07 Å². The first kappa shape index (κ1) is 16.0. The van der Waals surface area contributed by atoms with Crippen LogP contribution in [0.3, 0.4) is 0 Å². The quantitative estimate of drug-likeness (QED) is 0.211. The highest BCUT2D eigenvalue weighted by Crippen LogP contribution is 2.21. The topological polar surface area (TPSA) is 99.4 Å². The summed E-state index contributed by atoms with van der Waals surface area (Å²) in [4.78, 5) is 37.1. The molecule has 20 heavy (non-hydrogen) atoms. The van der Waals surface area contributed by atoms with E-state index < -0.39 is 40.1 Å². The smallest absolute Gasteiger partial charge is 0.314 e. The zero-order valence-corrected chi connectivity index (χ0v) is 11.9. The van der Waals surface area contributed by atoms with E-state index in [2.05, 4.69) is 4.98 Å². The number of rotatable bonds is 4. The van der Waals surface area contributed by atoms with Gasteiger partial charge in [0, 0.05) is 6.07 Å². The number of carbonyl (C=O) groups is 2. The van der Waals surface area contributed by atoms with Crippen LogP contribution in [-0.4, -0.2) is 27.3 Å². The predicted octanol–water partition coefficient (Wildman–Crippen LogP) is 2.56. The SMILES string of the molecule is CC(C)(C)OC(=O)CC(=O)c1nc(Cl)ccc1[N+](=O)[O-]. The zero-order chi connectivity index (χ0) is 15.5. The monoisotopic (exact) mass is 300 g/mol. The maximum absolute atomic E-state index is 11.9. The zero-order valence-electron chi connectivity index (χ0n) is 11.2. The van der Waals surface area contributed by atoms with Crippen LogP contribution in [0.5, 0.6) is 0 Å².